The Bertz CT molecular complexity index is 632. The molecule has 0 radical (unpaired) electrons. The van der Waals surface area contributed by atoms with Gasteiger partial charge < -0.3 is 0 Å². The molecule has 1 aliphatic carbocycles. The number of nitrogens with zero attached hydrogens (tertiary/aromatic N) is 3. The molecule has 0 saturated heterocycles. The van der Waals surface area contributed by atoms with Gasteiger partial charge in [0.05, 0.1) is 0 Å². The molecule has 1 aliphatic heterocycles. The predicted molar refractivity (Wildman–Crippen MR) is 59.9 cm³/mol. The molecular formula is C11H7FN4O. The number of nitrogens with two attached hydrogens (primary N) is 1. The fourth-order valence-corrected chi connectivity index (χ4v) is 1.82. The van der Waals surface area contributed by atoms with Gasteiger partial charge in [-0.1, -0.05) is 6.58 Å². The molecular weight excluding hydrogens is 223 g/mol. The van der Waals surface area contributed by atoms with E-state index >= 15 is 0 Å². The third-order valence-corrected chi connectivity index (χ3v) is 2.63. The zero-order chi connectivity index (χ0) is 12.2. The average molecular weight is 230 g/mol. The van der Waals surface area contributed by atoms with Crippen molar-refractivity contribution >= 4 is 17.2 Å². The number of hydrazine groups is 1. The smallest absolute Gasteiger partial charge is 0.214 e. The van der Waals surface area contributed by atoms with Crippen molar-refractivity contribution in [1.82, 2.24) is 5.12 Å². The van der Waals surface area contributed by atoms with Gasteiger partial charge in [-0.3, -0.25) is 4.79 Å². The number of hydrogen-bond acceptors (Lipinski definition) is 5. The van der Waals surface area contributed by atoms with Crippen LogP contribution in [0.3, 0.4) is 0 Å². The normalized spacial score (nSPS) is 17.6. The van der Waals surface area contributed by atoms with E-state index in [0.717, 1.165) is 5.12 Å². The lowest BCUT2D eigenvalue weighted by Crippen LogP contribution is -2.32. The number of fused-ring (bicyclic) bond motifs is 3. The first kappa shape index (κ1) is 9.86. The lowest BCUT2D eigenvalue weighted by molar-refractivity contribution is 0.106. The van der Waals surface area contributed by atoms with E-state index in [0.29, 0.717) is 16.8 Å². The van der Waals surface area contributed by atoms with Crippen molar-refractivity contribution in [1.29, 1.82) is 0 Å². The molecule has 0 bridgehead atoms. The summed E-state index contributed by atoms with van der Waals surface area (Å²) >= 11 is 0. The number of hydrogen-bond donors (Lipinski definition) is 1. The summed E-state index contributed by atoms with van der Waals surface area (Å²) in [6.07, 6.45) is 0. The highest BCUT2D eigenvalue weighted by molar-refractivity contribution is 6.78. The number of halogens is 1. The molecule has 0 atom stereocenters. The van der Waals surface area contributed by atoms with Crippen LogP contribution in [0, 0.1) is 5.82 Å². The third kappa shape index (κ3) is 1.24. The summed E-state index contributed by atoms with van der Waals surface area (Å²) in [5.41, 5.74) is 1.25. The molecule has 0 amide bonds. The van der Waals surface area contributed by atoms with Crippen molar-refractivity contribution in [2.45, 2.75) is 0 Å². The third-order valence-electron chi connectivity index (χ3n) is 2.63. The summed E-state index contributed by atoms with van der Waals surface area (Å²) in [5.74, 6) is 4.96. The Balaban J connectivity index is 2.28. The van der Waals surface area contributed by atoms with Crippen molar-refractivity contribution in [2.75, 3.05) is 0 Å². The van der Waals surface area contributed by atoms with Crippen LogP contribution in [-0.2, 0) is 0 Å². The maximum absolute atomic E-state index is 13.2. The molecule has 1 aromatic rings. The SMILES string of the molecule is C=C1N=C2C(=O)c3ccc(F)cc3C2=NN1N. The highest BCUT2D eigenvalue weighted by Crippen LogP contribution is 2.25. The summed E-state index contributed by atoms with van der Waals surface area (Å²) in [7, 11) is 0. The van der Waals surface area contributed by atoms with E-state index in [1.807, 2.05) is 0 Å². The van der Waals surface area contributed by atoms with Gasteiger partial charge in [-0.05, 0) is 18.2 Å². The standard InChI is InChI=1S/C11H7FN4O/c1-5-14-10-9(15-16(5)13)8-4-6(12)2-3-7(8)11(10)17/h2-4H,1,13H2. The maximum Gasteiger partial charge on any atom is 0.214 e. The first-order valence-corrected chi connectivity index (χ1v) is 4.84. The number of rotatable bonds is 0. The van der Waals surface area contributed by atoms with Gasteiger partial charge in [0.25, 0.3) is 0 Å². The van der Waals surface area contributed by atoms with Gasteiger partial charge in [0, 0.05) is 11.1 Å². The summed E-state index contributed by atoms with van der Waals surface area (Å²) in [4.78, 5) is 15.9. The topological polar surface area (TPSA) is 71.0 Å². The largest absolute Gasteiger partial charge is 0.287 e. The first-order valence-electron chi connectivity index (χ1n) is 4.84. The summed E-state index contributed by atoms with van der Waals surface area (Å²) in [6.45, 7) is 3.55. The van der Waals surface area contributed by atoms with Crippen LogP contribution in [-0.4, -0.2) is 22.3 Å². The van der Waals surface area contributed by atoms with Crippen LogP contribution in [0.4, 0.5) is 4.39 Å². The Labute approximate surface area is 95.7 Å². The molecule has 17 heavy (non-hydrogen) atoms. The van der Waals surface area contributed by atoms with Crippen LogP contribution in [0.1, 0.15) is 15.9 Å². The van der Waals surface area contributed by atoms with Gasteiger partial charge in [-0.25, -0.2) is 15.2 Å². The molecule has 84 valence electrons. The number of hydrazone groups is 1. The number of benzene rings is 1. The van der Waals surface area contributed by atoms with E-state index in [1.165, 1.54) is 18.2 Å². The van der Waals surface area contributed by atoms with Crippen molar-refractivity contribution in [3.8, 4) is 0 Å². The molecule has 0 saturated carbocycles. The number of Topliss-reactive ketones (excluding diaryl/α,β-unsaturated/α-hetero) is 1. The highest BCUT2D eigenvalue weighted by Gasteiger charge is 2.36. The van der Waals surface area contributed by atoms with Gasteiger partial charge >= 0.3 is 0 Å². The maximum atomic E-state index is 13.2. The molecule has 2 N–H and O–H groups in total. The van der Waals surface area contributed by atoms with Crippen LogP contribution in [0.2, 0.25) is 0 Å². The van der Waals surface area contributed by atoms with Crippen LogP contribution in [0.15, 0.2) is 40.7 Å². The lowest BCUT2D eigenvalue weighted by Gasteiger charge is -2.17. The summed E-state index contributed by atoms with van der Waals surface area (Å²) < 4.78 is 13.2. The monoisotopic (exact) mass is 230 g/mol. The molecule has 1 heterocycles. The molecule has 0 spiro atoms. The molecule has 0 aromatic heterocycles. The molecule has 2 aliphatic rings. The summed E-state index contributed by atoms with van der Waals surface area (Å²) in [6, 6.07) is 3.89. The minimum absolute atomic E-state index is 0.164. The fourth-order valence-electron chi connectivity index (χ4n) is 1.82. The van der Waals surface area contributed by atoms with Crippen LogP contribution in [0.25, 0.3) is 0 Å². The Hall–Kier alpha value is -2.34. The minimum Gasteiger partial charge on any atom is -0.287 e. The first-order chi connectivity index (χ1) is 8.08. The van der Waals surface area contributed by atoms with E-state index < -0.39 is 5.82 Å². The second-order valence-corrected chi connectivity index (χ2v) is 3.69. The second-order valence-electron chi connectivity index (χ2n) is 3.69. The Morgan fingerprint density at radius 2 is 2.06 bits per heavy atom. The van der Waals surface area contributed by atoms with E-state index in [2.05, 4.69) is 16.7 Å². The van der Waals surface area contributed by atoms with Crippen LogP contribution < -0.4 is 5.84 Å². The van der Waals surface area contributed by atoms with Gasteiger partial charge in [-0.2, -0.15) is 10.2 Å². The van der Waals surface area contributed by atoms with Crippen molar-refractivity contribution in [3.05, 3.63) is 47.5 Å². The zero-order valence-electron chi connectivity index (χ0n) is 8.64. The quantitative estimate of drug-likeness (QED) is 0.671. The van der Waals surface area contributed by atoms with Gasteiger partial charge in [0.15, 0.2) is 5.82 Å². The zero-order valence-corrected chi connectivity index (χ0v) is 8.64. The van der Waals surface area contributed by atoms with E-state index in [9.17, 15) is 9.18 Å². The van der Waals surface area contributed by atoms with E-state index in [4.69, 9.17) is 5.84 Å². The van der Waals surface area contributed by atoms with Gasteiger partial charge in [0.1, 0.15) is 17.2 Å². The average Bonchev–Trinajstić information content (AvgIpc) is 2.54. The fraction of sp³-hybridized carbons (Fsp3) is 0. The van der Waals surface area contributed by atoms with E-state index in [1.54, 1.807) is 0 Å². The molecule has 5 nitrogen and oxygen atoms in total. The van der Waals surface area contributed by atoms with Crippen molar-refractivity contribution in [2.24, 2.45) is 15.9 Å². The van der Waals surface area contributed by atoms with Crippen molar-refractivity contribution < 1.29 is 9.18 Å². The lowest BCUT2D eigenvalue weighted by atomic mass is 10.1. The van der Waals surface area contributed by atoms with Crippen LogP contribution >= 0.6 is 0 Å². The van der Waals surface area contributed by atoms with Gasteiger partial charge in [-0.15, -0.1) is 0 Å². The van der Waals surface area contributed by atoms with Crippen molar-refractivity contribution in [3.63, 3.8) is 0 Å². The minimum atomic E-state index is -0.437. The Kier molecular flexibility index (Phi) is 1.79. The number of carbonyl (C=O) groups excluding carboxylic acids is 1. The second kappa shape index (κ2) is 3.08. The molecule has 1 aromatic carbocycles. The number of carbonyl (C=O) groups is 1. The summed E-state index contributed by atoms with van der Waals surface area (Å²) in [5, 5.41) is 4.93. The molecule has 3 rings (SSSR count). The van der Waals surface area contributed by atoms with Gasteiger partial charge in [0.2, 0.25) is 5.78 Å². The van der Waals surface area contributed by atoms with E-state index in [-0.39, 0.29) is 17.3 Å². The number of ketones is 1. The Morgan fingerprint density at radius 3 is 2.82 bits per heavy atom. The predicted octanol–water partition coefficient (Wildman–Crippen LogP) is 0.828. The molecule has 0 unspecified atom stereocenters. The molecule has 6 heteroatoms. The Morgan fingerprint density at radius 1 is 1.29 bits per heavy atom. The molecule has 0 fully saturated rings. The number of aliphatic imine (C=N–C) groups is 1. The highest BCUT2D eigenvalue weighted by atomic mass is 19.1. The van der Waals surface area contributed by atoms with Crippen LogP contribution in [0.5, 0.6) is 0 Å².